The zero-order valence-corrected chi connectivity index (χ0v) is 13.8. The van der Waals surface area contributed by atoms with Crippen LogP contribution in [0, 0.1) is 0 Å². The Morgan fingerprint density at radius 2 is 1.76 bits per heavy atom. The highest BCUT2D eigenvalue weighted by Crippen LogP contribution is 2.12. The van der Waals surface area contributed by atoms with Gasteiger partial charge in [0.05, 0.1) is 18.3 Å². The van der Waals surface area contributed by atoms with Crippen molar-refractivity contribution in [2.24, 2.45) is 0 Å². The fourth-order valence-corrected chi connectivity index (χ4v) is 2.41. The third-order valence-electron chi connectivity index (χ3n) is 3.68. The maximum atomic E-state index is 12.2. The van der Waals surface area contributed by atoms with Gasteiger partial charge in [-0.15, -0.1) is 0 Å². The van der Waals surface area contributed by atoms with Crippen LogP contribution in [-0.2, 0) is 11.2 Å². The first-order valence-corrected chi connectivity index (χ1v) is 7.86. The lowest BCUT2D eigenvalue weighted by atomic mass is 10.2. The van der Waals surface area contributed by atoms with Crippen molar-refractivity contribution in [1.29, 1.82) is 0 Å². The summed E-state index contributed by atoms with van der Waals surface area (Å²) in [6.07, 6.45) is 3.74. The standard InChI is InChI=1S/C19H18N4O2/c1-20-19(25)15-7-9-16(10-8-15)22-18(24)11-14-12-21-23(13-14)17-5-3-2-4-6-17/h2-10,12-13H,11H2,1H3,(H,20,25)(H,22,24). The van der Waals surface area contributed by atoms with Gasteiger partial charge in [-0.05, 0) is 42.0 Å². The van der Waals surface area contributed by atoms with Crippen LogP contribution in [0.1, 0.15) is 15.9 Å². The molecule has 1 heterocycles. The first-order chi connectivity index (χ1) is 12.2. The van der Waals surface area contributed by atoms with Crippen LogP contribution in [-0.4, -0.2) is 28.6 Å². The van der Waals surface area contributed by atoms with Crippen LogP contribution in [0.3, 0.4) is 0 Å². The molecule has 0 atom stereocenters. The predicted octanol–water partition coefficient (Wildman–Crippen LogP) is 2.41. The van der Waals surface area contributed by atoms with Gasteiger partial charge in [-0.1, -0.05) is 18.2 Å². The topological polar surface area (TPSA) is 76.0 Å². The molecule has 0 fully saturated rings. The molecule has 2 N–H and O–H groups in total. The van der Waals surface area contributed by atoms with Gasteiger partial charge in [-0.25, -0.2) is 4.68 Å². The Hall–Kier alpha value is -3.41. The van der Waals surface area contributed by atoms with Crippen LogP contribution in [0.4, 0.5) is 5.69 Å². The van der Waals surface area contributed by atoms with E-state index in [9.17, 15) is 9.59 Å². The van der Waals surface area contributed by atoms with Gasteiger partial charge in [-0.2, -0.15) is 5.10 Å². The van der Waals surface area contributed by atoms with E-state index in [2.05, 4.69) is 15.7 Å². The smallest absolute Gasteiger partial charge is 0.251 e. The molecule has 0 aliphatic heterocycles. The summed E-state index contributed by atoms with van der Waals surface area (Å²) >= 11 is 0. The summed E-state index contributed by atoms with van der Waals surface area (Å²) in [5.74, 6) is -0.300. The van der Waals surface area contributed by atoms with E-state index in [1.807, 2.05) is 36.5 Å². The van der Waals surface area contributed by atoms with E-state index in [1.54, 1.807) is 42.2 Å². The van der Waals surface area contributed by atoms with Gasteiger partial charge in [0.1, 0.15) is 0 Å². The van der Waals surface area contributed by atoms with Gasteiger partial charge in [-0.3, -0.25) is 9.59 Å². The number of hydrogen-bond donors (Lipinski definition) is 2. The molecule has 2 aromatic carbocycles. The highest BCUT2D eigenvalue weighted by molar-refractivity contribution is 5.96. The molecule has 0 bridgehead atoms. The number of anilines is 1. The second-order valence-corrected chi connectivity index (χ2v) is 5.51. The molecule has 2 amide bonds. The SMILES string of the molecule is CNC(=O)c1ccc(NC(=O)Cc2cnn(-c3ccccc3)c2)cc1. The Morgan fingerprint density at radius 3 is 2.44 bits per heavy atom. The molecule has 0 saturated carbocycles. The van der Waals surface area contributed by atoms with Crippen LogP contribution >= 0.6 is 0 Å². The van der Waals surface area contributed by atoms with Gasteiger partial charge in [0.2, 0.25) is 5.91 Å². The van der Waals surface area contributed by atoms with E-state index in [0.717, 1.165) is 11.3 Å². The van der Waals surface area contributed by atoms with E-state index in [-0.39, 0.29) is 18.2 Å². The molecule has 3 rings (SSSR count). The Labute approximate surface area is 145 Å². The van der Waals surface area contributed by atoms with E-state index >= 15 is 0 Å². The van der Waals surface area contributed by atoms with Crippen molar-refractivity contribution in [2.45, 2.75) is 6.42 Å². The summed E-state index contributed by atoms with van der Waals surface area (Å²) in [7, 11) is 1.58. The van der Waals surface area contributed by atoms with Crippen molar-refractivity contribution in [3.63, 3.8) is 0 Å². The van der Waals surface area contributed by atoms with Crippen molar-refractivity contribution in [3.8, 4) is 5.69 Å². The average Bonchev–Trinajstić information content (AvgIpc) is 3.10. The van der Waals surface area contributed by atoms with Crippen LogP contribution < -0.4 is 10.6 Å². The monoisotopic (exact) mass is 334 g/mol. The minimum atomic E-state index is -0.161. The van der Waals surface area contributed by atoms with E-state index in [4.69, 9.17) is 0 Å². The quantitative estimate of drug-likeness (QED) is 0.752. The molecular formula is C19H18N4O2. The molecule has 0 saturated heterocycles. The number of carbonyl (C=O) groups is 2. The Bertz CT molecular complexity index is 870. The summed E-state index contributed by atoms with van der Waals surface area (Å²) in [6, 6.07) is 16.5. The summed E-state index contributed by atoms with van der Waals surface area (Å²) in [6.45, 7) is 0. The minimum absolute atomic E-state index is 0.139. The molecule has 0 aliphatic rings. The van der Waals surface area contributed by atoms with Gasteiger partial charge in [0.15, 0.2) is 0 Å². The second-order valence-electron chi connectivity index (χ2n) is 5.51. The van der Waals surface area contributed by atoms with Crippen molar-refractivity contribution in [3.05, 3.63) is 78.1 Å². The Balaban J connectivity index is 1.61. The van der Waals surface area contributed by atoms with Crippen molar-refractivity contribution in [2.75, 3.05) is 12.4 Å². The van der Waals surface area contributed by atoms with Crippen molar-refractivity contribution >= 4 is 17.5 Å². The number of para-hydroxylation sites is 1. The van der Waals surface area contributed by atoms with E-state index < -0.39 is 0 Å². The fourth-order valence-electron chi connectivity index (χ4n) is 2.41. The normalized spacial score (nSPS) is 10.3. The number of nitrogens with one attached hydrogen (secondary N) is 2. The number of carbonyl (C=O) groups excluding carboxylic acids is 2. The average molecular weight is 334 g/mol. The van der Waals surface area contributed by atoms with Crippen LogP contribution in [0.15, 0.2) is 67.0 Å². The predicted molar refractivity (Wildman–Crippen MR) is 95.7 cm³/mol. The van der Waals surface area contributed by atoms with E-state index in [1.165, 1.54) is 0 Å². The zero-order valence-electron chi connectivity index (χ0n) is 13.8. The summed E-state index contributed by atoms with van der Waals surface area (Å²) < 4.78 is 1.74. The van der Waals surface area contributed by atoms with Crippen LogP contribution in [0.5, 0.6) is 0 Å². The van der Waals surface area contributed by atoms with Crippen molar-refractivity contribution in [1.82, 2.24) is 15.1 Å². The lowest BCUT2D eigenvalue weighted by Crippen LogP contribution is -2.18. The molecule has 0 spiro atoms. The maximum absolute atomic E-state index is 12.2. The summed E-state index contributed by atoms with van der Waals surface area (Å²) in [4.78, 5) is 23.7. The van der Waals surface area contributed by atoms with Crippen LogP contribution in [0.25, 0.3) is 5.69 Å². The van der Waals surface area contributed by atoms with Gasteiger partial charge in [0.25, 0.3) is 5.91 Å². The molecule has 25 heavy (non-hydrogen) atoms. The molecular weight excluding hydrogens is 316 g/mol. The van der Waals surface area contributed by atoms with Gasteiger partial charge >= 0.3 is 0 Å². The molecule has 126 valence electrons. The van der Waals surface area contributed by atoms with Crippen LogP contribution in [0.2, 0.25) is 0 Å². The molecule has 6 heteroatoms. The highest BCUT2D eigenvalue weighted by Gasteiger charge is 2.08. The number of benzene rings is 2. The van der Waals surface area contributed by atoms with E-state index in [0.29, 0.717) is 11.3 Å². The largest absolute Gasteiger partial charge is 0.355 e. The summed E-state index contributed by atoms with van der Waals surface area (Å²) in [5, 5.41) is 9.65. The first kappa shape index (κ1) is 16.4. The number of rotatable bonds is 5. The number of amides is 2. The van der Waals surface area contributed by atoms with Gasteiger partial charge < -0.3 is 10.6 Å². The molecule has 6 nitrogen and oxygen atoms in total. The number of nitrogens with zero attached hydrogens (tertiary/aromatic N) is 2. The van der Waals surface area contributed by atoms with Crippen molar-refractivity contribution < 1.29 is 9.59 Å². The Morgan fingerprint density at radius 1 is 1.04 bits per heavy atom. The maximum Gasteiger partial charge on any atom is 0.251 e. The zero-order chi connectivity index (χ0) is 17.6. The molecule has 1 aromatic heterocycles. The lowest BCUT2D eigenvalue weighted by molar-refractivity contribution is -0.115. The molecule has 0 aliphatic carbocycles. The molecule has 0 radical (unpaired) electrons. The number of hydrogen-bond acceptors (Lipinski definition) is 3. The highest BCUT2D eigenvalue weighted by atomic mass is 16.2. The third kappa shape index (κ3) is 4.11. The van der Waals surface area contributed by atoms with Gasteiger partial charge in [0, 0.05) is 24.5 Å². The lowest BCUT2D eigenvalue weighted by Gasteiger charge is -2.05. The first-order valence-electron chi connectivity index (χ1n) is 7.86. The number of aromatic nitrogens is 2. The molecule has 3 aromatic rings. The minimum Gasteiger partial charge on any atom is -0.355 e. The second kappa shape index (κ2) is 7.44. The third-order valence-corrected chi connectivity index (χ3v) is 3.68. The molecule has 0 unspecified atom stereocenters. The fraction of sp³-hybridized carbons (Fsp3) is 0.105. The summed E-state index contributed by atoms with van der Waals surface area (Å²) in [5.41, 5.74) is 2.96. The Kier molecular flexibility index (Phi) is 4.89.